The van der Waals surface area contributed by atoms with Crippen LogP contribution < -0.4 is 11.2 Å². The fourth-order valence-corrected chi connectivity index (χ4v) is 2.16. The minimum absolute atomic E-state index is 0.107. The summed E-state index contributed by atoms with van der Waals surface area (Å²) in [5.41, 5.74) is -4.27. The molecule has 0 saturated heterocycles. The predicted octanol–water partition coefficient (Wildman–Crippen LogP) is -1.77. The van der Waals surface area contributed by atoms with Crippen molar-refractivity contribution in [2.75, 3.05) is 0 Å². The van der Waals surface area contributed by atoms with E-state index in [-0.39, 0.29) is 11.2 Å². The van der Waals surface area contributed by atoms with Gasteiger partial charge in [0.05, 0.1) is 12.7 Å². The van der Waals surface area contributed by atoms with Crippen molar-refractivity contribution in [2.45, 2.75) is 25.4 Å². The Balaban J connectivity index is 0.000000330. The molecular weight excluding hydrogens is 364 g/mol. The van der Waals surface area contributed by atoms with Gasteiger partial charge < -0.3 is 19.9 Å². The number of Topliss-reactive ketones (excluding diaryl/α,β-unsaturated/α-hetero) is 1. The van der Waals surface area contributed by atoms with Gasteiger partial charge in [-0.05, 0) is 6.92 Å². The number of ketones is 1. The van der Waals surface area contributed by atoms with E-state index in [0.29, 0.717) is 4.57 Å². The third-order valence-corrected chi connectivity index (χ3v) is 3.47. The molecule has 0 radical (unpaired) electrons. The molecule has 3 N–H and O–H groups in total. The smallest absolute Gasteiger partial charge is 0.336 e. The highest BCUT2D eigenvalue weighted by molar-refractivity contribution is 5.90. The summed E-state index contributed by atoms with van der Waals surface area (Å²) in [5, 5.41) is 26.0. The Morgan fingerprint density at radius 2 is 1.81 bits per heavy atom. The Labute approximate surface area is 157 Å². The SMILES string of the molecule is CC(=O)CC(O)(CC(=O)O)C(=O)O.[2H]c1nc2c(c(=O)n(C)c(=O)n2C)n1C([2H])([2H])[2H]. The van der Waals surface area contributed by atoms with E-state index in [1.165, 1.54) is 14.1 Å². The highest BCUT2D eigenvalue weighted by Crippen LogP contribution is 2.16. The first kappa shape index (κ1) is 15.9. The summed E-state index contributed by atoms with van der Waals surface area (Å²) in [6, 6.07) is 0. The molecule has 2 aromatic heterocycles. The number of fused-ring (bicyclic) bond motifs is 1. The number of carboxylic acids is 2. The van der Waals surface area contributed by atoms with Gasteiger partial charge in [-0.1, -0.05) is 0 Å². The Morgan fingerprint density at radius 1 is 1.22 bits per heavy atom. The number of rotatable bonds is 5. The lowest BCUT2D eigenvalue weighted by Crippen LogP contribution is -2.42. The van der Waals surface area contributed by atoms with Crippen molar-refractivity contribution in [1.29, 1.82) is 0 Å². The second-order valence-electron chi connectivity index (χ2n) is 5.71. The summed E-state index contributed by atoms with van der Waals surface area (Å²) < 4.78 is 31.8. The monoisotopic (exact) mass is 388 g/mol. The Hall–Kier alpha value is -3.28. The van der Waals surface area contributed by atoms with Gasteiger partial charge in [0.25, 0.3) is 5.56 Å². The molecule has 0 aromatic carbocycles. The van der Waals surface area contributed by atoms with Gasteiger partial charge in [0.1, 0.15) is 7.15 Å². The maximum atomic E-state index is 11.9. The molecule has 2 heterocycles. The zero-order valence-corrected chi connectivity index (χ0v) is 14.6. The number of nitrogens with zero attached hydrogens (tertiary/aromatic N) is 4. The molecule has 0 aliphatic heterocycles. The zero-order valence-electron chi connectivity index (χ0n) is 18.6. The summed E-state index contributed by atoms with van der Waals surface area (Å²) in [6.07, 6.45) is -2.26. The van der Waals surface area contributed by atoms with Gasteiger partial charge in [-0.2, -0.15) is 0 Å². The molecule has 2 rings (SSSR count). The normalized spacial score (nSPS) is 15.4. The first-order chi connectivity index (χ1) is 13.9. The molecule has 148 valence electrons. The van der Waals surface area contributed by atoms with Crippen LogP contribution in [0.5, 0.6) is 0 Å². The largest absolute Gasteiger partial charge is 0.481 e. The lowest BCUT2D eigenvalue weighted by Gasteiger charge is -2.19. The summed E-state index contributed by atoms with van der Waals surface area (Å²) in [7, 11) is 2.60. The minimum Gasteiger partial charge on any atom is -0.481 e. The number of carbonyl (C=O) groups is 3. The lowest BCUT2D eigenvalue weighted by atomic mass is 9.94. The van der Waals surface area contributed by atoms with E-state index in [1.807, 2.05) is 0 Å². The predicted molar refractivity (Wildman–Crippen MR) is 91.3 cm³/mol. The maximum Gasteiger partial charge on any atom is 0.336 e. The number of aliphatic carboxylic acids is 2. The van der Waals surface area contributed by atoms with Gasteiger partial charge in [-0.15, -0.1) is 0 Å². The summed E-state index contributed by atoms with van der Waals surface area (Å²) in [5.74, 6) is -3.75. The van der Waals surface area contributed by atoms with Gasteiger partial charge in [0, 0.05) is 31.6 Å². The molecule has 1 unspecified atom stereocenters. The average Bonchev–Trinajstić information content (AvgIpc) is 2.94. The van der Waals surface area contributed by atoms with Gasteiger partial charge in [-0.25, -0.2) is 14.6 Å². The topological polar surface area (TPSA) is 174 Å². The van der Waals surface area contributed by atoms with Crippen LogP contribution in [0.15, 0.2) is 15.9 Å². The third kappa shape index (κ3) is 4.67. The molecule has 12 heteroatoms. The van der Waals surface area contributed by atoms with Gasteiger partial charge in [-0.3, -0.25) is 23.5 Å². The van der Waals surface area contributed by atoms with Crippen LogP contribution in [0.2, 0.25) is 0 Å². The van der Waals surface area contributed by atoms with Gasteiger partial charge in [0.15, 0.2) is 16.8 Å². The molecule has 27 heavy (non-hydrogen) atoms. The number of carbonyl (C=O) groups excluding carboxylic acids is 1. The van der Waals surface area contributed by atoms with Crippen LogP contribution in [0, 0.1) is 0 Å². The molecule has 12 nitrogen and oxygen atoms in total. The van der Waals surface area contributed by atoms with E-state index in [4.69, 9.17) is 15.7 Å². The lowest BCUT2D eigenvalue weighted by molar-refractivity contribution is -0.167. The highest BCUT2D eigenvalue weighted by atomic mass is 16.4. The molecule has 0 bridgehead atoms. The molecule has 0 fully saturated rings. The second kappa shape index (κ2) is 7.95. The molecule has 2 aromatic rings. The van der Waals surface area contributed by atoms with E-state index in [0.717, 1.165) is 16.1 Å². The van der Waals surface area contributed by atoms with Crippen molar-refractivity contribution >= 4 is 28.9 Å². The third-order valence-electron chi connectivity index (χ3n) is 3.47. The number of aliphatic hydroxyl groups is 1. The van der Waals surface area contributed by atoms with Crippen LogP contribution >= 0.6 is 0 Å². The fraction of sp³-hybridized carbons (Fsp3) is 0.467. The van der Waals surface area contributed by atoms with Gasteiger partial charge in [0.2, 0.25) is 0 Å². The van der Waals surface area contributed by atoms with E-state index in [9.17, 15) is 29.1 Å². The quantitative estimate of drug-likeness (QED) is 0.535. The number of aryl methyl sites for hydroxylation is 2. The van der Waals surface area contributed by atoms with Crippen LogP contribution in [0.3, 0.4) is 0 Å². The molecule has 1 atom stereocenters. The van der Waals surface area contributed by atoms with Crippen molar-refractivity contribution in [1.82, 2.24) is 18.7 Å². The summed E-state index contributed by atoms with van der Waals surface area (Å²) >= 11 is 0. The Morgan fingerprint density at radius 3 is 2.26 bits per heavy atom. The van der Waals surface area contributed by atoms with Crippen molar-refractivity contribution in [3.05, 3.63) is 27.1 Å². The maximum absolute atomic E-state index is 11.9. The zero-order chi connectivity index (χ0) is 24.5. The molecule has 0 spiro atoms. The highest BCUT2D eigenvalue weighted by Gasteiger charge is 2.39. The standard InChI is InChI=1S/C8H10N4O2.C7H10O6/c1-10-4-9-6-5(10)7(13)12(3)8(14)11(6)2;1-4(8)2-7(13,6(11)12)3-5(9)10/h4H,1-3H3;13H,2-3H2,1H3,(H,9,10)(H,11,12)/i1D3,4D;. The molecule has 0 aliphatic rings. The first-order valence-electron chi connectivity index (χ1n) is 9.26. The first-order valence-corrected chi connectivity index (χ1v) is 7.26. The van der Waals surface area contributed by atoms with E-state index in [2.05, 4.69) is 4.98 Å². The number of carboxylic acid groups (broad SMARTS) is 2. The number of imidazole rings is 1. The second-order valence-corrected chi connectivity index (χ2v) is 5.71. The van der Waals surface area contributed by atoms with Crippen molar-refractivity contribution in [3.8, 4) is 0 Å². The van der Waals surface area contributed by atoms with Crippen LogP contribution in [0.25, 0.3) is 11.2 Å². The average molecular weight is 388 g/mol. The summed E-state index contributed by atoms with van der Waals surface area (Å²) in [4.78, 5) is 58.4. The van der Waals surface area contributed by atoms with Crippen LogP contribution in [0.1, 0.15) is 25.2 Å². The van der Waals surface area contributed by atoms with Crippen LogP contribution in [-0.4, -0.2) is 57.3 Å². The molecule has 0 amide bonds. The minimum atomic E-state index is -2.70. The number of aromatic nitrogens is 4. The van der Waals surface area contributed by atoms with Crippen molar-refractivity contribution in [3.63, 3.8) is 0 Å². The van der Waals surface area contributed by atoms with Crippen molar-refractivity contribution in [2.24, 2.45) is 21.1 Å². The molecule has 0 aliphatic carbocycles. The Bertz CT molecular complexity index is 1140. The van der Waals surface area contributed by atoms with Gasteiger partial charge >= 0.3 is 17.6 Å². The van der Waals surface area contributed by atoms with E-state index >= 15 is 0 Å². The fourth-order valence-electron chi connectivity index (χ4n) is 2.16. The van der Waals surface area contributed by atoms with E-state index < -0.39 is 60.7 Å². The molecular formula is C15H20N4O8. The number of hydrogen-bond donors (Lipinski definition) is 3. The molecule has 0 saturated carbocycles. The van der Waals surface area contributed by atoms with Crippen LogP contribution in [-0.2, 0) is 35.5 Å². The van der Waals surface area contributed by atoms with E-state index in [1.54, 1.807) is 0 Å². The van der Waals surface area contributed by atoms with Crippen LogP contribution in [0.4, 0.5) is 0 Å². The van der Waals surface area contributed by atoms with Crippen molar-refractivity contribution < 1.29 is 35.2 Å². The Kier molecular flexibility index (Phi) is 4.69. The number of hydrogen-bond acceptors (Lipinski definition) is 7. The summed E-state index contributed by atoms with van der Waals surface area (Å²) in [6.45, 7) is -1.62.